The fraction of sp³-hybridized carbons (Fsp3) is 0.250. The fourth-order valence-corrected chi connectivity index (χ4v) is 1.41. The second kappa shape index (κ2) is 5.13. The molecule has 0 radical (unpaired) electrons. The molecule has 7 heteroatoms. The normalized spacial score (nSPS) is 10.8. The van der Waals surface area contributed by atoms with E-state index in [1.165, 1.54) is 0 Å². The van der Waals surface area contributed by atoms with E-state index in [0.717, 1.165) is 18.2 Å². The quantitative estimate of drug-likeness (QED) is 0.896. The number of amides is 1. The molecule has 19 heavy (non-hydrogen) atoms. The highest BCUT2D eigenvalue weighted by atomic mass is 19.1. The lowest BCUT2D eigenvalue weighted by molar-refractivity contribution is 0.101. The standard InChI is InChI=1S/C12H12F2N4O/c1-6(2)10-16-11(18-17-10)12(19)15-9-5-7(13)3-4-8(9)14/h3-6H,1-2H3,(H,15,19)(H,16,17,18). The van der Waals surface area contributed by atoms with Gasteiger partial charge in [0.1, 0.15) is 17.5 Å². The predicted molar refractivity (Wildman–Crippen MR) is 64.8 cm³/mol. The van der Waals surface area contributed by atoms with Gasteiger partial charge in [0.25, 0.3) is 5.91 Å². The Balaban J connectivity index is 2.18. The molecule has 0 atom stereocenters. The zero-order chi connectivity index (χ0) is 14.0. The largest absolute Gasteiger partial charge is 0.317 e. The minimum atomic E-state index is -0.727. The van der Waals surface area contributed by atoms with Crippen LogP contribution in [0.25, 0.3) is 0 Å². The van der Waals surface area contributed by atoms with Crippen molar-refractivity contribution in [2.24, 2.45) is 0 Å². The Morgan fingerprint density at radius 1 is 1.37 bits per heavy atom. The number of carbonyl (C=O) groups is 1. The van der Waals surface area contributed by atoms with Gasteiger partial charge in [0.15, 0.2) is 0 Å². The van der Waals surface area contributed by atoms with Crippen LogP contribution in [0.4, 0.5) is 14.5 Å². The fourth-order valence-electron chi connectivity index (χ4n) is 1.41. The van der Waals surface area contributed by atoms with Gasteiger partial charge in [-0.05, 0) is 12.1 Å². The lowest BCUT2D eigenvalue weighted by atomic mass is 10.2. The number of halogens is 2. The first kappa shape index (κ1) is 13.1. The van der Waals surface area contributed by atoms with E-state index in [0.29, 0.717) is 5.82 Å². The van der Waals surface area contributed by atoms with Crippen LogP contribution < -0.4 is 5.32 Å². The molecule has 0 aliphatic heterocycles. The van der Waals surface area contributed by atoms with E-state index in [4.69, 9.17) is 0 Å². The van der Waals surface area contributed by atoms with Gasteiger partial charge in [-0.15, -0.1) is 5.10 Å². The molecule has 100 valence electrons. The number of rotatable bonds is 3. The Hall–Kier alpha value is -2.31. The van der Waals surface area contributed by atoms with E-state index in [1.807, 2.05) is 13.8 Å². The summed E-state index contributed by atoms with van der Waals surface area (Å²) in [6.45, 7) is 3.77. The lowest BCUT2D eigenvalue weighted by Gasteiger charge is -2.03. The second-order valence-electron chi connectivity index (χ2n) is 4.28. The Kier molecular flexibility index (Phi) is 3.55. The summed E-state index contributed by atoms with van der Waals surface area (Å²) in [6, 6.07) is 2.79. The molecule has 0 saturated carbocycles. The van der Waals surface area contributed by atoms with Gasteiger partial charge in [0.05, 0.1) is 5.69 Å². The van der Waals surface area contributed by atoms with Crippen molar-refractivity contribution in [1.82, 2.24) is 15.2 Å². The van der Waals surface area contributed by atoms with E-state index < -0.39 is 17.5 Å². The van der Waals surface area contributed by atoms with Crippen LogP contribution in [-0.2, 0) is 0 Å². The minimum absolute atomic E-state index is 0.0833. The molecule has 0 bridgehead atoms. The highest BCUT2D eigenvalue weighted by Crippen LogP contribution is 2.16. The van der Waals surface area contributed by atoms with E-state index in [2.05, 4.69) is 20.5 Å². The van der Waals surface area contributed by atoms with Crippen LogP contribution in [0, 0.1) is 11.6 Å². The maximum Gasteiger partial charge on any atom is 0.295 e. The first-order chi connectivity index (χ1) is 8.97. The number of aromatic nitrogens is 3. The lowest BCUT2D eigenvalue weighted by Crippen LogP contribution is -2.15. The number of carbonyl (C=O) groups excluding carboxylic acids is 1. The third-order valence-corrected chi connectivity index (χ3v) is 2.43. The van der Waals surface area contributed by atoms with E-state index >= 15 is 0 Å². The van der Waals surface area contributed by atoms with Crippen molar-refractivity contribution in [1.29, 1.82) is 0 Å². The summed E-state index contributed by atoms with van der Waals surface area (Å²) in [5.74, 6) is -1.56. The molecule has 1 aromatic carbocycles. The number of benzene rings is 1. The van der Waals surface area contributed by atoms with E-state index in [9.17, 15) is 13.6 Å². The topological polar surface area (TPSA) is 70.7 Å². The van der Waals surface area contributed by atoms with Crippen LogP contribution in [0.1, 0.15) is 36.2 Å². The molecule has 0 fully saturated rings. The van der Waals surface area contributed by atoms with Crippen molar-refractivity contribution in [3.8, 4) is 0 Å². The molecule has 0 saturated heterocycles. The van der Waals surface area contributed by atoms with Gasteiger partial charge in [0, 0.05) is 12.0 Å². The van der Waals surface area contributed by atoms with Gasteiger partial charge in [-0.1, -0.05) is 13.8 Å². The molecule has 1 amide bonds. The molecule has 0 aliphatic rings. The van der Waals surface area contributed by atoms with Crippen LogP contribution in [-0.4, -0.2) is 21.1 Å². The summed E-state index contributed by atoms with van der Waals surface area (Å²) in [5, 5.41) is 8.55. The molecule has 5 nitrogen and oxygen atoms in total. The maximum absolute atomic E-state index is 13.3. The highest BCUT2D eigenvalue weighted by Gasteiger charge is 2.16. The summed E-state index contributed by atoms with van der Waals surface area (Å²) >= 11 is 0. The molecule has 1 aromatic heterocycles. The number of nitrogens with one attached hydrogen (secondary N) is 2. The zero-order valence-electron chi connectivity index (χ0n) is 10.4. The second-order valence-corrected chi connectivity index (χ2v) is 4.28. The summed E-state index contributed by atoms with van der Waals surface area (Å²) in [4.78, 5) is 15.7. The van der Waals surface area contributed by atoms with Crippen LogP contribution in [0.2, 0.25) is 0 Å². The Labute approximate surface area is 108 Å². The molecule has 0 spiro atoms. The molecular formula is C12H12F2N4O. The Morgan fingerprint density at radius 3 is 2.74 bits per heavy atom. The van der Waals surface area contributed by atoms with Crippen LogP contribution in [0.3, 0.4) is 0 Å². The number of hydrogen-bond donors (Lipinski definition) is 2. The van der Waals surface area contributed by atoms with E-state index in [1.54, 1.807) is 0 Å². The summed E-state index contributed by atoms with van der Waals surface area (Å²) in [7, 11) is 0. The Morgan fingerprint density at radius 2 is 2.11 bits per heavy atom. The molecule has 1 heterocycles. The smallest absolute Gasteiger partial charge is 0.295 e. The summed E-state index contributed by atoms with van der Waals surface area (Å²) in [6.07, 6.45) is 0. The van der Waals surface area contributed by atoms with Crippen molar-refractivity contribution in [3.63, 3.8) is 0 Å². The average Bonchev–Trinajstić information content (AvgIpc) is 2.83. The monoisotopic (exact) mass is 266 g/mol. The highest BCUT2D eigenvalue weighted by molar-refractivity contribution is 6.01. The van der Waals surface area contributed by atoms with E-state index in [-0.39, 0.29) is 17.4 Å². The number of anilines is 1. The van der Waals surface area contributed by atoms with Crippen LogP contribution >= 0.6 is 0 Å². The van der Waals surface area contributed by atoms with Crippen molar-refractivity contribution in [3.05, 3.63) is 41.5 Å². The molecule has 2 N–H and O–H groups in total. The van der Waals surface area contributed by atoms with Crippen molar-refractivity contribution < 1.29 is 13.6 Å². The number of nitrogens with zero attached hydrogens (tertiary/aromatic N) is 2. The zero-order valence-corrected chi connectivity index (χ0v) is 10.4. The van der Waals surface area contributed by atoms with Gasteiger partial charge in [-0.25, -0.2) is 13.8 Å². The number of hydrogen-bond acceptors (Lipinski definition) is 3. The van der Waals surface area contributed by atoms with Gasteiger partial charge < -0.3 is 5.32 Å². The third kappa shape index (κ3) is 2.93. The molecule has 0 unspecified atom stereocenters. The maximum atomic E-state index is 13.3. The molecule has 2 rings (SSSR count). The number of aromatic amines is 1. The van der Waals surface area contributed by atoms with Crippen molar-refractivity contribution in [2.75, 3.05) is 5.32 Å². The molecular weight excluding hydrogens is 254 g/mol. The predicted octanol–water partition coefficient (Wildman–Crippen LogP) is 2.46. The van der Waals surface area contributed by atoms with Gasteiger partial charge in [-0.3, -0.25) is 9.89 Å². The van der Waals surface area contributed by atoms with Crippen molar-refractivity contribution >= 4 is 11.6 Å². The minimum Gasteiger partial charge on any atom is -0.317 e. The summed E-state index contributed by atoms with van der Waals surface area (Å²) < 4.78 is 26.3. The molecule has 2 aromatic rings. The molecule has 0 aliphatic carbocycles. The number of H-pyrrole nitrogens is 1. The van der Waals surface area contributed by atoms with Crippen molar-refractivity contribution in [2.45, 2.75) is 19.8 Å². The van der Waals surface area contributed by atoms with Gasteiger partial charge in [-0.2, -0.15) is 0 Å². The third-order valence-electron chi connectivity index (χ3n) is 2.43. The average molecular weight is 266 g/mol. The van der Waals surface area contributed by atoms with Crippen LogP contribution in [0.5, 0.6) is 0 Å². The first-order valence-electron chi connectivity index (χ1n) is 5.66. The Bertz CT molecular complexity index is 610. The SMILES string of the molecule is CC(C)c1nc(C(=O)Nc2cc(F)ccc2F)n[nH]1. The van der Waals surface area contributed by atoms with Gasteiger partial charge in [0.2, 0.25) is 5.82 Å². The summed E-state index contributed by atoms with van der Waals surface area (Å²) in [5.41, 5.74) is -0.249. The van der Waals surface area contributed by atoms with Gasteiger partial charge >= 0.3 is 0 Å². The first-order valence-corrected chi connectivity index (χ1v) is 5.66. The van der Waals surface area contributed by atoms with Crippen LogP contribution in [0.15, 0.2) is 18.2 Å².